The van der Waals surface area contributed by atoms with E-state index in [0.29, 0.717) is 12.3 Å². The molecule has 0 aromatic carbocycles. The molecule has 1 amide bonds. The minimum absolute atomic E-state index is 0.120. The molecular weight excluding hydrogens is 244 g/mol. The van der Waals surface area contributed by atoms with Crippen LogP contribution in [0.1, 0.15) is 48.0 Å². The number of carbonyl (C=O) groups is 2. The number of esters is 1. The Morgan fingerprint density at radius 2 is 1.68 bits per heavy atom. The third kappa shape index (κ3) is 7.82. The van der Waals surface area contributed by atoms with E-state index in [9.17, 15) is 9.59 Å². The Balaban J connectivity index is 4.57. The first-order chi connectivity index (χ1) is 8.56. The lowest BCUT2D eigenvalue weighted by Crippen LogP contribution is -2.53. The summed E-state index contributed by atoms with van der Waals surface area (Å²) in [4.78, 5) is 23.6. The van der Waals surface area contributed by atoms with Gasteiger partial charge < -0.3 is 10.1 Å². The topological polar surface area (TPSA) is 67.4 Å². The predicted molar refractivity (Wildman–Crippen MR) is 75.8 cm³/mol. The summed E-state index contributed by atoms with van der Waals surface area (Å²) in [6.07, 6.45) is 0.639. The van der Waals surface area contributed by atoms with Gasteiger partial charge in [-0.3, -0.25) is 14.9 Å². The molecule has 0 saturated heterocycles. The first kappa shape index (κ1) is 17.9. The lowest BCUT2D eigenvalue weighted by atomic mass is 10.0. The number of hydrogen-bond donors (Lipinski definition) is 2. The van der Waals surface area contributed by atoms with Crippen molar-refractivity contribution in [3.05, 3.63) is 0 Å². The van der Waals surface area contributed by atoms with Gasteiger partial charge in [0.15, 0.2) is 0 Å². The Morgan fingerprint density at radius 1 is 1.16 bits per heavy atom. The van der Waals surface area contributed by atoms with Crippen LogP contribution >= 0.6 is 0 Å². The quantitative estimate of drug-likeness (QED) is 0.719. The van der Waals surface area contributed by atoms with Gasteiger partial charge in [-0.2, -0.15) is 0 Å². The standard InChI is InChI=1S/C14H28N2O3/c1-9(2)8-11(13(18)19-7)15-10(3)12(17)16-14(4,5)6/h9-11,15H,8H2,1-7H3,(H,16,17). The van der Waals surface area contributed by atoms with Crippen LogP contribution in [0.15, 0.2) is 0 Å². The Labute approximate surface area is 116 Å². The zero-order valence-corrected chi connectivity index (χ0v) is 13.2. The highest BCUT2D eigenvalue weighted by molar-refractivity contribution is 5.83. The molecule has 0 aromatic heterocycles. The van der Waals surface area contributed by atoms with Crippen molar-refractivity contribution < 1.29 is 14.3 Å². The van der Waals surface area contributed by atoms with Crippen molar-refractivity contribution in [3.63, 3.8) is 0 Å². The Morgan fingerprint density at radius 3 is 2.05 bits per heavy atom. The second-order valence-corrected chi connectivity index (χ2v) is 6.33. The smallest absolute Gasteiger partial charge is 0.322 e. The fourth-order valence-electron chi connectivity index (χ4n) is 1.70. The third-order valence-electron chi connectivity index (χ3n) is 2.54. The van der Waals surface area contributed by atoms with Crippen LogP contribution in [0, 0.1) is 5.92 Å². The van der Waals surface area contributed by atoms with Gasteiger partial charge in [0, 0.05) is 5.54 Å². The summed E-state index contributed by atoms with van der Waals surface area (Å²) < 4.78 is 4.76. The largest absolute Gasteiger partial charge is 0.468 e. The van der Waals surface area contributed by atoms with Crippen LogP contribution in [0.3, 0.4) is 0 Å². The highest BCUT2D eigenvalue weighted by Crippen LogP contribution is 2.08. The normalized spacial score (nSPS) is 14.9. The number of hydrogen-bond acceptors (Lipinski definition) is 4. The van der Waals surface area contributed by atoms with E-state index in [1.807, 2.05) is 34.6 Å². The maximum atomic E-state index is 12.0. The minimum atomic E-state index is -0.453. The van der Waals surface area contributed by atoms with Crippen molar-refractivity contribution in [2.24, 2.45) is 5.92 Å². The molecule has 0 radical (unpaired) electrons. The Hall–Kier alpha value is -1.10. The fraction of sp³-hybridized carbons (Fsp3) is 0.857. The molecule has 0 fully saturated rings. The highest BCUT2D eigenvalue weighted by Gasteiger charge is 2.26. The van der Waals surface area contributed by atoms with E-state index in [2.05, 4.69) is 10.6 Å². The molecule has 5 nitrogen and oxygen atoms in total. The van der Waals surface area contributed by atoms with Gasteiger partial charge in [-0.1, -0.05) is 13.8 Å². The van der Waals surface area contributed by atoms with Crippen molar-refractivity contribution in [3.8, 4) is 0 Å². The van der Waals surface area contributed by atoms with Crippen LogP contribution in [0.4, 0.5) is 0 Å². The first-order valence-corrected chi connectivity index (χ1v) is 6.72. The number of nitrogens with one attached hydrogen (secondary N) is 2. The average Bonchev–Trinajstić information content (AvgIpc) is 2.23. The van der Waals surface area contributed by atoms with Gasteiger partial charge in [0.25, 0.3) is 0 Å². The molecule has 19 heavy (non-hydrogen) atoms. The van der Waals surface area contributed by atoms with Gasteiger partial charge in [0.1, 0.15) is 6.04 Å². The van der Waals surface area contributed by atoms with Crippen LogP contribution in [0.5, 0.6) is 0 Å². The lowest BCUT2D eigenvalue weighted by Gasteiger charge is -2.26. The number of carbonyl (C=O) groups excluding carboxylic acids is 2. The predicted octanol–water partition coefficient (Wildman–Crippen LogP) is 1.47. The third-order valence-corrected chi connectivity index (χ3v) is 2.54. The molecule has 0 aliphatic carbocycles. The van der Waals surface area contributed by atoms with E-state index in [4.69, 9.17) is 4.74 Å². The van der Waals surface area contributed by atoms with Gasteiger partial charge in [0.2, 0.25) is 5.91 Å². The van der Waals surface area contributed by atoms with E-state index in [0.717, 1.165) is 0 Å². The van der Waals surface area contributed by atoms with Crippen molar-refractivity contribution in [1.29, 1.82) is 0 Å². The van der Waals surface area contributed by atoms with Crippen LogP contribution < -0.4 is 10.6 Å². The number of ether oxygens (including phenoxy) is 1. The molecule has 2 N–H and O–H groups in total. The number of rotatable bonds is 6. The molecular formula is C14H28N2O3. The molecule has 0 aromatic rings. The van der Waals surface area contributed by atoms with Crippen LogP contribution in [-0.2, 0) is 14.3 Å². The summed E-state index contributed by atoms with van der Waals surface area (Å²) >= 11 is 0. The Kier molecular flexibility index (Phi) is 7.05. The molecule has 0 saturated carbocycles. The van der Waals surface area contributed by atoms with Crippen LogP contribution in [0.25, 0.3) is 0 Å². The molecule has 2 atom stereocenters. The van der Waals surface area contributed by atoms with Crippen molar-refractivity contribution >= 4 is 11.9 Å². The second-order valence-electron chi connectivity index (χ2n) is 6.33. The maximum Gasteiger partial charge on any atom is 0.322 e. The summed E-state index contributed by atoms with van der Waals surface area (Å²) in [6, 6.07) is -0.896. The van der Waals surface area contributed by atoms with E-state index in [1.165, 1.54) is 7.11 Å². The van der Waals surface area contributed by atoms with E-state index >= 15 is 0 Å². The molecule has 0 bridgehead atoms. The van der Waals surface area contributed by atoms with Crippen LogP contribution in [-0.4, -0.2) is 36.6 Å². The summed E-state index contributed by atoms with van der Waals surface area (Å²) in [5.74, 6) is -0.108. The molecule has 2 unspecified atom stereocenters. The van der Waals surface area contributed by atoms with Gasteiger partial charge in [-0.25, -0.2) is 0 Å². The van der Waals surface area contributed by atoms with E-state index < -0.39 is 12.1 Å². The molecule has 0 spiro atoms. The SMILES string of the molecule is COC(=O)C(CC(C)C)NC(C)C(=O)NC(C)(C)C. The molecule has 5 heteroatoms. The van der Waals surface area contributed by atoms with Gasteiger partial charge >= 0.3 is 5.97 Å². The monoisotopic (exact) mass is 272 g/mol. The van der Waals surface area contributed by atoms with Crippen molar-refractivity contribution in [2.45, 2.75) is 65.6 Å². The minimum Gasteiger partial charge on any atom is -0.468 e. The van der Waals surface area contributed by atoms with E-state index in [1.54, 1.807) is 6.92 Å². The molecule has 0 rings (SSSR count). The molecule has 0 aliphatic heterocycles. The van der Waals surface area contributed by atoms with Gasteiger partial charge in [-0.15, -0.1) is 0 Å². The zero-order valence-electron chi connectivity index (χ0n) is 13.2. The summed E-state index contributed by atoms with van der Waals surface area (Å²) in [5.41, 5.74) is -0.286. The molecule has 112 valence electrons. The number of amides is 1. The van der Waals surface area contributed by atoms with Crippen molar-refractivity contribution in [1.82, 2.24) is 10.6 Å². The Bertz CT molecular complexity index is 308. The van der Waals surface area contributed by atoms with Gasteiger partial charge in [0.05, 0.1) is 13.2 Å². The van der Waals surface area contributed by atoms with Gasteiger partial charge in [-0.05, 0) is 40.0 Å². The second kappa shape index (κ2) is 7.48. The number of methoxy groups -OCH3 is 1. The zero-order chi connectivity index (χ0) is 15.2. The summed E-state index contributed by atoms with van der Waals surface area (Å²) in [5, 5.41) is 5.92. The summed E-state index contributed by atoms with van der Waals surface area (Å²) in [6.45, 7) is 11.6. The lowest BCUT2D eigenvalue weighted by molar-refractivity contribution is -0.144. The average molecular weight is 272 g/mol. The molecule has 0 aliphatic rings. The summed E-state index contributed by atoms with van der Waals surface area (Å²) in [7, 11) is 1.36. The van der Waals surface area contributed by atoms with E-state index in [-0.39, 0.29) is 17.4 Å². The molecule has 0 heterocycles. The first-order valence-electron chi connectivity index (χ1n) is 6.72. The maximum absolute atomic E-state index is 12.0. The van der Waals surface area contributed by atoms with Crippen LogP contribution in [0.2, 0.25) is 0 Å². The van der Waals surface area contributed by atoms with Crippen molar-refractivity contribution in [2.75, 3.05) is 7.11 Å². The highest BCUT2D eigenvalue weighted by atomic mass is 16.5. The fourth-order valence-corrected chi connectivity index (χ4v) is 1.70.